The Bertz CT molecular complexity index is 26.3. The van der Waals surface area contributed by atoms with Crippen LogP contribution in [-0.4, -0.2) is 31.3 Å². The van der Waals surface area contributed by atoms with Gasteiger partial charge in [-0.2, -0.15) is 11.1 Å². The zero-order valence-corrected chi connectivity index (χ0v) is 5.63. The molecule has 0 atom stereocenters. The second-order valence-corrected chi connectivity index (χ2v) is 9.60. The first-order chi connectivity index (χ1) is 2.00. The molecule has 0 aromatic rings. The summed E-state index contributed by atoms with van der Waals surface area (Å²) in [5, 5.41) is 0. The molecule has 0 spiro atoms. The molecule has 0 N–H and O–H groups in total. The number of halogens is 1. The van der Waals surface area contributed by atoms with E-state index in [1.807, 2.05) is 0 Å². The van der Waals surface area contributed by atoms with E-state index in [0.29, 0.717) is 0 Å². The van der Waals surface area contributed by atoms with Crippen molar-refractivity contribution in [2.24, 2.45) is 0 Å². The van der Waals surface area contributed by atoms with Gasteiger partial charge < -0.3 is 0 Å². The zero-order chi connectivity index (χ0) is 4.50. The number of rotatable bonds is 0. The van der Waals surface area contributed by atoms with Crippen LogP contribution in [0.5, 0.6) is 0 Å². The second kappa shape index (κ2) is 3.33. The summed E-state index contributed by atoms with van der Waals surface area (Å²) in [6.07, 6.45) is 0. The van der Waals surface area contributed by atoms with Crippen LogP contribution >= 0.6 is 11.1 Å². The molecule has 0 aliphatic carbocycles. The summed E-state index contributed by atoms with van der Waals surface area (Å²) < 4.78 is 0. The van der Waals surface area contributed by atoms with Crippen LogP contribution in [-0.2, 0) is 0 Å². The second-order valence-electron chi connectivity index (χ2n) is 2.07. The first-order valence-corrected chi connectivity index (χ1v) is 6.20. The quantitative estimate of drug-likeness (QED) is 0.423. The van der Waals surface area contributed by atoms with E-state index >= 15 is 0 Å². The molecule has 0 aromatic heterocycles. The fraction of sp³-hybridized carbons (Fsp3) is 1.00. The van der Waals surface area contributed by atoms with Gasteiger partial charge in [0.25, 0.3) is 0 Å². The molecule has 3 heteroatoms. The summed E-state index contributed by atoms with van der Waals surface area (Å²) in [6, 6.07) is 0. The summed E-state index contributed by atoms with van der Waals surface area (Å²) >= 11 is 5.67. The third kappa shape index (κ3) is 57.7. The van der Waals surface area contributed by atoms with E-state index in [0.717, 1.165) is 0 Å². The van der Waals surface area contributed by atoms with Gasteiger partial charge in [0, 0.05) is 0 Å². The van der Waals surface area contributed by atoms with Crippen LogP contribution < -0.4 is 0 Å². The molecule has 0 unspecified atom stereocenters. The summed E-state index contributed by atoms with van der Waals surface area (Å²) in [7, 11) is -1.14. The first-order valence-electron chi connectivity index (χ1n) is 1.69. The van der Waals surface area contributed by atoms with Gasteiger partial charge >= 0.3 is 23.9 Å². The van der Waals surface area contributed by atoms with Crippen molar-refractivity contribution in [2.75, 3.05) is 0 Å². The van der Waals surface area contributed by atoms with Gasteiger partial charge in [-0.3, -0.25) is 0 Å². The molecule has 0 bridgehead atoms. The summed E-state index contributed by atoms with van der Waals surface area (Å²) in [6.45, 7) is 6.28. The van der Waals surface area contributed by atoms with Crippen molar-refractivity contribution in [1.82, 2.24) is 0 Å². The van der Waals surface area contributed by atoms with Crippen molar-refractivity contribution >= 4 is 42.4 Å². The van der Waals surface area contributed by atoms with E-state index < -0.39 is 7.38 Å². The van der Waals surface area contributed by atoms with Crippen LogP contribution in [0.4, 0.5) is 0 Å². The van der Waals surface area contributed by atoms with Gasteiger partial charge in [0.2, 0.25) is 0 Å². The minimum absolute atomic E-state index is 0. The molecule has 0 saturated heterocycles. The summed E-state index contributed by atoms with van der Waals surface area (Å²) in [5.74, 6) is 0. The average molecular weight is 231 g/mol. The van der Waals surface area contributed by atoms with Gasteiger partial charge in [-0.05, 0) is 0 Å². The van der Waals surface area contributed by atoms with Crippen molar-refractivity contribution in [3.8, 4) is 0 Å². The van der Waals surface area contributed by atoms with E-state index in [2.05, 4.69) is 19.6 Å². The Labute approximate surface area is 61.9 Å². The Morgan fingerprint density at radius 1 is 1.17 bits per heavy atom. The third-order valence-electron chi connectivity index (χ3n) is 0. The molecule has 0 saturated carbocycles. The van der Waals surface area contributed by atoms with Gasteiger partial charge in [0.15, 0.2) is 0 Å². The van der Waals surface area contributed by atoms with E-state index in [-0.39, 0.29) is 23.9 Å². The van der Waals surface area contributed by atoms with E-state index in [1.54, 1.807) is 0 Å². The SMILES string of the molecule is C[Si](C)(C)Cl.[SnH4]. The molecule has 0 aliphatic heterocycles. The van der Waals surface area contributed by atoms with Crippen LogP contribution in [0, 0.1) is 0 Å². The van der Waals surface area contributed by atoms with Crippen molar-refractivity contribution in [1.29, 1.82) is 0 Å². The fourth-order valence-electron chi connectivity index (χ4n) is 0. The van der Waals surface area contributed by atoms with Crippen molar-refractivity contribution < 1.29 is 0 Å². The molecule has 0 fully saturated rings. The molecule has 40 valence electrons. The van der Waals surface area contributed by atoms with Gasteiger partial charge in [0.1, 0.15) is 7.38 Å². The molecule has 0 aromatic carbocycles. The van der Waals surface area contributed by atoms with E-state index in [1.165, 1.54) is 0 Å². The van der Waals surface area contributed by atoms with Gasteiger partial charge in [0.05, 0.1) is 0 Å². The summed E-state index contributed by atoms with van der Waals surface area (Å²) in [4.78, 5) is 0. The Hall–Kier alpha value is 1.31. The molecule has 0 rings (SSSR count). The van der Waals surface area contributed by atoms with Crippen LogP contribution in [0.25, 0.3) is 0 Å². The number of hydrogen-bond donors (Lipinski definition) is 0. The Morgan fingerprint density at radius 2 is 1.17 bits per heavy atom. The Kier molecular flexibility index (Phi) is 5.72. The predicted molar refractivity (Wildman–Crippen MR) is 40.5 cm³/mol. The average Bonchev–Trinajstić information content (AvgIpc) is 0.722. The Balaban J connectivity index is 0. The third-order valence-corrected chi connectivity index (χ3v) is 0. The molecule has 0 radical (unpaired) electrons. The standard InChI is InChI=1S/C3H9ClSi.Sn.4H/c1-5(2,3)4;;;;;/h1-3H3;;;;;. The van der Waals surface area contributed by atoms with E-state index in [4.69, 9.17) is 11.1 Å². The van der Waals surface area contributed by atoms with Crippen LogP contribution in [0.1, 0.15) is 0 Å². The molecular formula is C3H13ClSiSn. The zero-order valence-electron chi connectivity index (χ0n) is 3.88. The maximum atomic E-state index is 5.67. The molecule has 0 amide bonds. The van der Waals surface area contributed by atoms with Crippen LogP contribution in [0.15, 0.2) is 0 Å². The molecular weight excluding hydrogens is 218 g/mol. The van der Waals surface area contributed by atoms with Crippen LogP contribution in [0.2, 0.25) is 19.6 Å². The molecule has 0 aliphatic rings. The maximum absolute atomic E-state index is 5.67. The van der Waals surface area contributed by atoms with Gasteiger partial charge in [-0.1, -0.05) is 19.6 Å². The molecule has 6 heavy (non-hydrogen) atoms. The van der Waals surface area contributed by atoms with Gasteiger partial charge in [-0.25, -0.2) is 0 Å². The van der Waals surface area contributed by atoms with Crippen molar-refractivity contribution in [3.05, 3.63) is 0 Å². The summed E-state index contributed by atoms with van der Waals surface area (Å²) in [5.41, 5.74) is 0. The molecule has 0 nitrogen and oxygen atoms in total. The van der Waals surface area contributed by atoms with Crippen molar-refractivity contribution in [2.45, 2.75) is 19.6 Å². The Morgan fingerprint density at radius 3 is 1.17 bits per heavy atom. The van der Waals surface area contributed by atoms with Crippen molar-refractivity contribution in [3.63, 3.8) is 0 Å². The predicted octanol–water partition coefficient (Wildman–Crippen LogP) is 0.608. The van der Waals surface area contributed by atoms with Crippen LogP contribution in [0.3, 0.4) is 0 Å². The van der Waals surface area contributed by atoms with Gasteiger partial charge in [-0.15, -0.1) is 0 Å². The fourth-order valence-corrected chi connectivity index (χ4v) is 0. The monoisotopic (exact) mass is 232 g/mol. The molecule has 0 heterocycles. The topological polar surface area (TPSA) is 0 Å². The van der Waals surface area contributed by atoms with E-state index in [9.17, 15) is 0 Å². The number of hydrogen-bond acceptors (Lipinski definition) is 0. The minimum atomic E-state index is -1.14. The normalized spacial score (nSPS) is 10.0. The first kappa shape index (κ1) is 10.3.